The number of fused-ring (bicyclic) bond motifs is 1. The molecule has 1 N–H and O–H groups in total. The minimum atomic E-state index is 0.338. The van der Waals surface area contributed by atoms with Gasteiger partial charge in [0.05, 0.1) is 0 Å². The molecule has 1 aliphatic carbocycles. The summed E-state index contributed by atoms with van der Waals surface area (Å²) in [7, 11) is 0. The summed E-state index contributed by atoms with van der Waals surface area (Å²) in [4.78, 5) is 0. The fraction of sp³-hybridized carbons (Fsp3) is 0.647. The normalized spacial score (nSPS) is 23.5. The van der Waals surface area contributed by atoms with Crippen LogP contribution in [-0.2, 0) is 6.42 Å². The Labute approximate surface area is 116 Å². The molecule has 2 unspecified atom stereocenters. The smallest absolute Gasteiger partial charge is 0.123 e. The second-order valence-corrected chi connectivity index (χ2v) is 6.06. The topological polar surface area (TPSA) is 21.3 Å². The van der Waals surface area contributed by atoms with Crippen molar-refractivity contribution in [2.24, 2.45) is 5.92 Å². The summed E-state index contributed by atoms with van der Waals surface area (Å²) < 4.78 is 6.17. The van der Waals surface area contributed by atoms with Crippen LogP contribution in [0.5, 0.6) is 5.75 Å². The van der Waals surface area contributed by atoms with Crippen LogP contribution < -0.4 is 10.1 Å². The Morgan fingerprint density at radius 2 is 2.16 bits per heavy atom. The molecule has 0 amide bonds. The molecule has 0 radical (unpaired) electrons. The third kappa shape index (κ3) is 2.94. The minimum Gasteiger partial charge on any atom is -0.488 e. The van der Waals surface area contributed by atoms with Gasteiger partial charge in [-0.25, -0.2) is 0 Å². The van der Waals surface area contributed by atoms with Crippen LogP contribution >= 0.6 is 0 Å². The van der Waals surface area contributed by atoms with Gasteiger partial charge in [0, 0.05) is 12.5 Å². The van der Waals surface area contributed by atoms with Crippen LogP contribution in [0.3, 0.4) is 0 Å². The van der Waals surface area contributed by atoms with Crippen molar-refractivity contribution in [1.82, 2.24) is 5.32 Å². The van der Waals surface area contributed by atoms with Crippen LogP contribution in [-0.4, -0.2) is 18.7 Å². The molecule has 1 fully saturated rings. The lowest BCUT2D eigenvalue weighted by Gasteiger charge is -2.32. The largest absolute Gasteiger partial charge is 0.488 e. The van der Waals surface area contributed by atoms with Gasteiger partial charge in [0.2, 0.25) is 0 Å². The van der Waals surface area contributed by atoms with Crippen LogP contribution in [0.15, 0.2) is 24.3 Å². The monoisotopic (exact) mass is 259 g/mol. The van der Waals surface area contributed by atoms with Crippen molar-refractivity contribution in [1.29, 1.82) is 0 Å². The van der Waals surface area contributed by atoms with Gasteiger partial charge in [-0.15, -0.1) is 0 Å². The van der Waals surface area contributed by atoms with E-state index in [0.717, 1.165) is 24.6 Å². The highest BCUT2D eigenvalue weighted by Crippen LogP contribution is 2.35. The van der Waals surface area contributed by atoms with E-state index in [9.17, 15) is 0 Å². The molecule has 1 aromatic rings. The van der Waals surface area contributed by atoms with Crippen molar-refractivity contribution < 1.29 is 4.74 Å². The van der Waals surface area contributed by atoms with Crippen molar-refractivity contribution in [3.05, 3.63) is 29.8 Å². The van der Waals surface area contributed by atoms with Gasteiger partial charge in [-0.3, -0.25) is 0 Å². The molecule has 0 aromatic heterocycles. The molecular weight excluding hydrogens is 234 g/mol. The SMILES string of the molecule is CCCNC(CC1CCC1)C1Cc2ccccc2O1. The lowest BCUT2D eigenvalue weighted by atomic mass is 9.79. The van der Waals surface area contributed by atoms with Gasteiger partial charge in [0.25, 0.3) is 0 Å². The summed E-state index contributed by atoms with van der Waals surface area (Å²) >= 11 is 0. The van der Waals surface area contributed by atoms with Crippen molar-refractivity contribution in [2.45, 2.75) is 57.6 Å². The Morgan fingerprint density at radius 1 is 1.32 bits per heavy atom. The summed E-state index contributed by atoms with van der Waals surface area (Å²) in [5.41, 5.74) is 1.38. The Hall–Kier alpha value is -1.02. The Kier molecular flexibility index (Phi) is 4.07. The van der Waals surface area contributed by atoms with Crippen LogP contribution in [0.1, 0.15) is 44.6 Å². The maximum Gasteiger partial charge on any atom is 0.123 e. The molecule has 1 heterocycles. The van der Waals surface area contributed by atoms with Crippen molar-refractivity contribution in [2.75, 3.05) is 6.54 Å². The van der Waals surface area contributed by atoms with E-state index in [1.807, 2.05) is 0 Å². The molecule has 0 spiro atoms. The first-order valence-corrected chi connectivity index (χ1v) is 7.84. The van der Waals surface area contributed by atoms with Gasteiger partial charge < -0.3 is 10.1 Å². The molecular formula is C17H25NO. The summed E-state index contributed by atoms with van der Waals surface area (Å²) in [6.07, 6.45) is 8.17. The van der Waals surface area contributed by atoms with E-state index >= 15 is 0 Å². The van der Waals surface area contributed by atoms with Crippen molar-refractivity contribution >= 4 is 0 Å². The Bertz CT molecular complexity index is 388. The lowest BCUT2D eigenvalue weighted by molar-refractivity contribution is 0.142. The van der Waals surface area contributed by atoms with Crippen LogP contribution in [0.2, 0.25) is 0 Å². The summed E-state index contributed by atoms with van der Waals surface area (Å²) in [6.45, 7) is 3.34. The molecule has 3 rings (SSSR count). The molecule has 19 heavy (non-hydrogen) atoms. The standard InChI is InChI=1S/C17H25NO/c1-2-10-18-15(11-13-6-5-7-13)17-12-14-8-3-4-9-16(14)19-17/h3-4,8-9,13,15,17-18H,2,5-7,10-12H2,1H3. The number of para-hydroxylation sites is 1. The van der Waals surface area contributed by atoms with Crippen LogP contribution in [0, 0.1) is 5.92 Å². The maximum absolute atomic E-state index is 6.17. The van der Waals surface area contributed by atoms with E-state index < -0.39 is 0 Å². The Morgan fingerprint density at radius 3 is 2.84 bits per heavy atom. The zero-order chi connectivity index (χ0) is 13.1. The number of nitrogens with one attached hydrogen (secondary N) is 1. The predicted molar refractivity (Wildman–Crippen MR) is 78.6 cm³/mol. The van der Waals surface area contributed by atoms with Crippen molar-refractivity contribution in [3.8, 4) is 5.75 Å². The average molecular weight is 259 g/mol. The summed E-state index contributed by atoms with van der Waals surface area (Å²) in [6, 6.07) is 9.02. The molecule has 1 saturated carbocycles. The highest BCUT2D eigenvalue weighted by Gasteiger charge is 2.32. The fourth-order valence-electron chi connectivity index (χ4n) is 3.22. The van der Waals surface area contributed by atoms with Crippen LogP contribution in [0.4, 0.5) is 0 Å². The van der Waals surface area contributed by atoms with Gasteiger partial charge in [-0.1, -0.05) is 44.4 Å². The van der Waals surface area contributed by atoms with E-state index in [4.69, 9.17) is 4.74 Å². The van der Waals surface area contributed by atoms with E-state index in [1.165, 1.54) is 37.7 Å². The van der Waals surface area contributed by atoms with Gasteiger partial charge in [0.15, 0.2) is 0 Å². The highest BCUT2D eigenvalue weighted by atomic mass is 16.5. The Balaban J connectivity index is 1.63. The molecule has 2 atom stereocenters. The number of hydrogen-bond acceptors (Lipinski definition) is 2. The third-order valence-corrected chi connectivity index (χ3v) is 4.59. The highest BCUT2D eigenvalue weighted by molar-refractivity contribution is 5.37. The first kappa shape index (κ1) is 13.0. The molecule has 104 valence electrons. The first-order chi connectivity index (χ1) is 9.36. The van der Waals surface area contributed by atoms with Crippen molar-refractivity contribution in [3.63, 3.8) is 0 Å². The summed E-state index contributed by atoms with van der Waals surface area (Å²) in [5, 5.41) is 3.72. The van der Waals surface area contributed by atoms with Gasteiger partial charge in [-0.2, -0.15) is 0 Å². The second-order valence-electron chi connectivity index (χ2n) is 6.06. The van der Waals surface area contributed by atoms with Gasteiger partial charge in [-0.05, 0) is 36.9 Å². The maximum atomic E-state index is 6.17. The minimum absolute atomic E-state index is 0.338. The molecule has 2 nitrogen and oxygen atoms in total. The van der Waals surface area contributed by atoms with Gasteiger partial charge >= 0.3 is 0 Å². The number of rotatable bonds is 6. The first-order valence-electron chi connectivity index (χ1n) is 7.84. The molecule has 0 bridgehead atoms. The lowest BCUT2D eigenvalue weighted by Crippen LogP contribution is -2.44. The molecule has 2 aliphatic rings. The average Bonchev–Trinajstić information content (AvgIpc) is 2.80. The van der Waals surface area contributed by atoms with Crippen LogP contribution in [0.25, 0.3) is 0 Å². The van der Waals surface area contributed by atoms with Gasteiger partial charge in [0.1, 0.15) is 11.9 Å². The number of hydrogen-bond donors (Lipinski definition) is 1. The predicted octanol–water partition coefficient (Wildman–Crippen LogP) is 3.55. The summed E-state index contributed by atoms with van der Waals surface area (Å²) in [5.74, 6) is 2.03. The molecule has 1 aromatic carbocycles. The zero-order valence-electron chi connectivity index (χ0n) is 11.9. The molecule has 2 heteroatoms. The molecule has 1 aliphatic heterocycles. The molecule has 0 saturated heterocycles. The second kappa shape index (κ2) is 5.96. The number of benzene rings is 1. The fourth-order valence-corrected chi connectivity index (χ4v) is 3.22. The quantitative estimate of drug-likeness (QED) is 0.843. The zero-order valence-corrected chi connectivity index (χ0v) is 11.9. The third-order valence-electron chi connectivity index (χ3n) is 4.59. The van der Waals surface area contributed by atoms with E-state index in [2.05, 4.69) is 36.5 Å². The van der Waals surface area contributed by atoms with E-state index in [1.54, 1.807) is 0 Å². The van der Waals surface area contributed by atoms with E-state index in [0.29, 0.717) is 12.1 Å². The van der Waals surface area contributed by atoms with E-state index in [-0.39, 0.29) is 0 Å². The number of ether oxygens (including phenoxy) is 1.